The van der Waals surface area contributed by atoms with Gasteiger partial charge in [0.15, 0.2) is 5.75 Å². The molecule has 2 amide bonds. The van der Waals surface area contributed by atoms with Crippen LogP contribution in [-0.2, 0) is 0 Å². The van der Waals surface area contributed by atoms with Crippen LogP contribution in [0.3, 0.4) is 0 Å². The van der Waals surface area contributed by atoms with Crippen LogP contribution >= 0.6 is 0 Å². The summed E-state index contributed by atoms with van der Waals surface area (Å²) >= 11 is 0. The van der Waals surface area contributed by atoms with E-state index in [1.807, 2.05) is 0 Å². The fraction of sp³-hybridized carbons (Fsp3) is 0.190. The van der Waals surface area contributed by atoms with Crippen LogP contribution in [0.15, 0.2) is 52.3 Å². The maximum atomic E-state index is 12.6. The number of nitrogens with one attached hydrogen (secondary N) is 1. The number of amidine groups is 1. The summed E-state index contributed by atoms with van der Waals surface area (Å²) in [6, 6.07) is 4.90. The molecule has 0 saturated heterocycles. The maximum absolute atomic E-state index is 12.6. The standard InChI is InChI=1S/C21H22N6O4/c1-12-7-15-16(30-12)8-13(20(28)26-18(22)5-6-23-2)9-17(15)31-14-10-24-19(25-11-14)21(29)27(3)4/h5-11,23H,1-4H3,(H2,22,26,28)/b6-5-. The average molecular weight is 422 g/mol. The van der Waals surface area contributed by atoms with E-state index in [2.05, 4.69) is 20.3 Å². The van der Waals surface area contributed by atoms with Crippen molar-refractivity contribution in [2.75, 3.05) is 21.1 Å². The summed E-state index contributed by atoms with van der Waals surface area (Å²) in [6.07, 6.45) is 5.80. The van der Waals surface area contributed by atoms with Crippen LogP contribution in [-0.4, -0.2) is 53.7 Å². The monoisotopic (exact) mass is 422 g/mol. The lowest BCUT2D eigenvalue weighted by Gasteiger charge is -2.10. The van der Waals surface area contributed by atoms with Gasteiger partial charge in [0.05, 0.1) is 17.8 Å². The van der Waals surface area contributed by atoms with E-state index in [1.54, 1.807) is 46.4 Å². The lowest BCUT2D eigenvalue weighted by Crippen LogP contribution is -2.23. The van der Waals surface area contributed by atoms with Crippen LogP contribution in [0, 0.1) is 6.92 Å². The number of hydrogen-bond acceptors (Lipinski definition) is 7. The van der Waals surface area contributed by atoms with E-state index in [-0.39, 0.29) is 23.1 Å². The number of hydrogen-bond donors (Lipinski definition) is 2. The van der Waals surface area contributed by atoms with Gasteiger partial charge in [0.2, 0.25) is 5.82 Å². The van der Waals surface area contributed by atoms with Gasteiger partial charge >= 0.3 is 0 Å². The zero-order chi connectivity index (χ0) is 22.5. The highest BCUT2D eigenvalue weighted by Gasteiger charge is 2.16. The number of carbonyl (C=O) groups is 2. The van der Waals surface area contributed by atoms with Gasteiger partial charge in [-0.15, -0.1) is 0 Å². The first-order valence-corrected chi connectivity index (χ1v) is 9.26. The molecular weight excluding hydrogens is 400 g/mol. The minimum atomic E-state index is -0.553. The van der Waals surface area contributed by atoms with Crippen LogP contribution in [0.5, 0.6) is 11.5 Å². The number of carbonyl (C=O) groups excluding carboxylic acids is 2. The first kappa shape index (κ1) is 21.5. The number of ether oxygens (including phenoxy) is 1. The number of furan rings is 1. The Hall–Kier alpha value is -4.21. The molecule has 2 heterocycles. The van der Waals surface area contributed by atoms with Crippen molar-refractivity contribution in [1.82, 2.24) is 20.2 Å². The molecule has 0 spiro atoms. The number of rotatable bonds is 6. The van der Waals surface area contributed by atoms with Crippen LogP contribution in [0.25, 0.3) is 11.0 Å². The molecule has 10 nitrogen and oxygen atoms in total. The van der Waals surface area contributed by atoms with Crippen molar-refractivity contribution >= 4 is 28.6 Å². The SMILES string of the molecule is CN/C=C\C(N)=NC(=O)c1cc(Oc2cnc(C(=O)N(C)C)nc2)c2cc(C)oc2c1. The molecule has 160 valence electrons. The molecule has 10 heteroatoms. The van der Waals surface area contributed by atoms with Gasteiger partial charge in [-0.25, -0.2) is 9.97 Å². The third-order valence-electron chi connectivity index (χ3n) is 4.07. The minimum absolute atomic E-state index is 0.0463. The smallest absolute Gasteiger partial charge is 0.291 e. The van der Waals surface area contributed by atoms with Gasteiger partial charge < -0.3 is 25.1 Å². The Labute approximate surface area is 178 Å². The highest BCUT2D eigenvalue weighted by Crippen LogP contribution is 2.33. The Morgan fingerprint density at radius 1 is 1.23 bits per heavy atom. The number of fused-ring (bicyclic) bond motifs is 1. The second-order valence-corrected chi connectivity index (χ2v) is 6.75. The number of amides is 2. The van der Waals surface area contributed by atoms with Gasteiger partial charge in [-0.3, -0.25) is 9.59 Å². The highest BCUT2D eigenvalue weighted by molar-refractivity contribution is 6.08. The Kier molecular flexibility index (Phi) is 6.29. The third kappa shape index (κ3) is 5.04. The molecule has 2 aromatic heterocycles. The fourth-order valence-corrected chi connectivity index (χ4v) is 2.64. The van der Waals surface area contributed by atoms with Gasteiger partial charge in [-0.05, 0) is 37.4 Å². The minimum Gasteiger partial charge on any atom is -0.461 e. The van der Waals surface area contributed by atoms with Crippen LogP contribution in [0.1, 0.15) is 26.7 Å². The molecule has 3 rings (SSSR count). The van der Waals surface area contributed by atoms with Gasteiger partial charge in [-0.1, -0.05) is 0 Å². The topological polar surface area (TPSA) is 136 Å². The predicted molar refractivity (Wildman–Crippen MR) is 115 cm³/mol. The molecular formula is C21H22N6O4. The zero-order valence-electron chi connectivity index (χ0n) is 17.5. The van der Waals surface area contributed by atoms with Crippen molar-refractivity contribution in [3.63, 3.8) is 0 Å². The number of aliphatic imine (C=N–C) groups is 1. The zero-order valence-corrected chi connectivity index (χ0v) is 17.5. The molecule has 1 aromatic carbocycles. The Morgan fingerprint density at radius 3 is 2.58 bits per heavy atom. The van der Waals surface area contributed by atoms with E-state index < -0.39 is 5.91 Å². The van der Waals surface area contributed by atoms with Crippen molar-refractivity contribution in [2.24, 2.45) is 10.7 Å². The molecule has 0 fully saturated rings. The number of aromatic nitrogens is 2. The average Bonchev–Trinajstić information content (AvgIpc) is 3.12. The summed E-state index contributed by atoms with van der Waals surface area (Å²) in [5.74, 6) is 0.509. The van der Waals surface area contributed by atoms with E-state index in [1.165, 1.54) is 29.4 Å². The Morgan fingerprint density at radius 2 is 1.94 bits per heavy atom. The second-order valence-electron chi connectivity index (χ2n) is 6.75. The Balaban J connectivity index is 1.95. The van der Waals surface area contributed by atoms with Crippen LogP contribution in [0.4, 0.5) is 0 Å². The molecule has 0 bridgehead atoms. The summed E-state index contributed by atoms with van der Waals surface area (Å²) < 4.78 is 11.6. The lowest BCUT2D eigenvalue weighted by molar-refractivity contribution is 0.0815. The van der Waals surface area contributed by atoms with Crippen molar-refractivity contribution in [1.29, 1.82) is 0 Å². The number of aryl methyl sites for hydroxylation is 1. The van der Waals surface area contributed by atoms with Crippen LogP contribution < -0.4 is 15.8 Å². The van der Waals surface area contributed by atoms with Gasteiger partial charge in [0.25, 0.3) is 11.8 Å². The summed E-state index contributed by atoms with van der Waals surface area (Å²) in [5.41, 5.74) is 6.43. The van der Waals surface area contributed by atoms with Crippen molar-refractivity contribution in [3.05, 3.63) is 60.0 Å². The van der Waals surface area contributed by atoms with Gasteiger partial charge in [0, 0.05) is 26.7 Å². The first-order valence-electron chi connectivity index (χ1n) is 9.26. The molecule has 0 saturated carbocycles. The molecule has 3 N–H and O–H groups in total. The number of nitrogens with two attached hydrogens (primary N) is 1. The van der Waals surface area contributed by atoms with E-state index in [9.17, 15) is 9.59 Å². The normalized spacial score (nSPS) is 11.7. The second kappa shape index (κ2) is 9.08. The van der Waals surface area contributed by atoms with Gasteiger partial charge in [-0.2, -0.15) is 4.99 Å². The molecule has 31 heavy (non-hydrogen) atoms. The Bertz CT molecular complexity index is 1180. The molecule has 0 aliphatic carbocycles. The fourth-order valence-electron chi connectivity index (χ4n) is 2.64. The van der Waals surface area contributed by atoms with E-state index >= 15 is 0 Å². The maximum Gasteiger partial charge on any atom is 0.291 e. The van der Waals surface area contributed by atoms with E-state index in [0.717, 1.165) is 0 Å². The summed E-state index contributed by atoms with van der Waals surface area (Å²) in [7, 11) is 4.93. The van der Waals surface area contributed by atoms with E-state index in [4.69, 9.17) is 14.9 Å². The molecule has 3 aromatic rings. The quantitative estimate of drug-likeness (QED) is 0.456. The molecule has 0 aliphatic heterocycles. The van der Waals surface area contributed by atoms with Crippen molar-refractivity contribution < 1.29 is 18.7 Å². The first-order chi connectivity index (χ1) is 14.8. The number of nitrogens with zero attached hydrogens (tertiary/aromatic N) is 4. The lowest BCUT2D eigenvalue weighted by atomic mass is 10.1. The van der Waals surface area contributed by atoms with Crippen molar-refractivity contribution in [3.8, 4) is 11.5 Å². The number of benzene rings is 1. The summed E-state index contributed by atoms with van der Waals surface area (Å²) in [5, 5.41) is 3.43. The predicted octanol–water partition coefficient (Wildman–Crippen LogP) is 2.26. The molecule has 0 atom stereocenters. The molecule has 0 radical (unpaired) electrons. The summed E-state index contributed by atoms with van der Waals surface area (Å²) in [4.78, 5) is 37.8. The van der Waals surface area contributed by atoms with Gasteiger partial charge in [0.1, 0.15) is 22.9 Å². The largest absolute Gasteiger partial charge is 0.461 e. The van der Waals surface area contributed by atoms with Crippen LogP contribution in [0.2, 0.25) is 0 Å². The molecule has 0 unspecified atom stereocenters. The van der Waals surface area contributed by atoms with Crippen molar-refractivity contribution in [2.45, 2.75) is 6.92 Å². The highest BCUT2D eigenvalue weighted by atomic mass is 16.5. The third-order valence-corrected chi connectivity index (χ3v) is 4.07. The van der Waals surface area contributed by atoms with E-state index in [0.29, 0.717) is 28.2 Å². The molecule has 0 aliphatic rings. The summed E-state index contributed by atoms with van der Waals surface area (Å²) in [6.45, 7) is 1.79.